The third kappa shape index (κ3) is 4.82. The molecule has 0 saturated carbocycles. The summed E-state index contributed by atoms with van der Waals surface area (Å²) in [4.78, 5) is 24.6. The summed E-state index contributed by atoms with van der Waals surface area (Å²) in [6.07, 6.45) is 0.885. The largest absolute Gasteiger partial charge is 0.494 e. The van der Waals surface area contributed by atoms with Crippen LogP contribution in [0, 0.1) is 13.8 Å². The summed E-state index contributed by atoms with van der Waals surface area (Å²) in [7, 11) is 0. The monoisotopic (exact) mass is 410 g/mol. The second kappa shape index (κ2) is 8.30. The van der Waals surface area contributed by atoms with Gasteiger partial charge >= 0.3 is 0 Å². The highest BCUT2D eigenvalue weighted by molar-refractivity contribution is 9.10. The second-order valence-electron chi connectivity index (χ2n) is 5.31. The summed E-state index contributed by atoms with van der Waals surface area (Å²) in [5, 5.41) is 3.30. The zero-order valence-corrected chi connectivity index (χ0v) is 15.9. The van der Waals surface area contributed by atoms with Gasteiger partial charge in [0.05, 0.1) is 12.2 Å². The van der Waals surface area contributed by atoms with Crippen LogP contribution < -0.4 is 15.8 Å². The van der Waals surface area contributed by atoms with E-state index in [9.17, 15) is 9.59 Å². The van der Waals surface area contributed by atoms with Crippen molar-refractivity contribution in [2.45, 2.75) is 26.7 Å². The van der Waals surface area contributed by atoms with Crippen LogP contribution in [0.4, 0.5) is 5.00 Å². The highest BCUT2D eigenvalue weighted by atomic mass is 79.9. The molecule has 0 spiro atoms. The van der Waals surface area contributed by atoms with Crippen molar-refractivity contribution in [2.24, 2.45) is 5.73 Å². The van der Waals surface area contributed by atoms with Crippen LogP contribution in [0.1, 0.15) is 33.6 Å². The third-order valence-corrected chi connectivity index (χ3v) is 5.11. The first-order valence-corrected chi connectivity index (χ1v) is 9.07. The van der Waals surface area contributed by atoms with E-state index < -0.39 is 5.91 Å². The maximum Gasteiger partial charge on any atom is 0.251 e. The number of thiophene rings is 1. The molecule has 0 atom stereocenters. The molecule has 5 nitrogen and oxygen atoms in total. The molecule has 0 aliphatic heterocycles. The van der Waals surface area contributed by atoms with Gasteiger partial charge in [-0.3, -0.25) is 9.59 Å². The van der Waals surface area contributed by atoms with Crippen LogP contribution >= 0.6 is 27.3 Å². The molecule has 0 aliphatic rings. The van der Waals surface area contributed by atoms with Gasteiger partial charge in [-0.2, -0.15) is 0 Å². The van der Waals surface area contributed by atoms with Crippen molar-refractivity contribution >= 4 is 44.1 Å². The molecule has 1 heterocycles. The number of rotatable bonds is 7. The normalized spacial score (nSPS) is 10.5. The molecule has 2 aromatic rings. The number of aryl methyl sites for hydroxylation is 1. The average Bonchev–Trinajstić information content (AvgIpc) is 2.78. The lowest BCUT2D eigenvalue weighted by Gasteiger charge is -2.07. The Balaban J connectivity index is 1.84. The topological polar surface area (TPSA) is 81.4 Å². The molecule has 24 heavy (non-hydrogen) atoms. The van der Waals surface area contributed by atoms with Crippen LogP contribution in [-0.4, -0.2) is 18.4 Å². The van der Waals surface area contributed by atoms with E-state index in [0.29, 0.717) is 30.0 Å². The van der Waals surface area contributed by atoms with Gasteiger partial charge < -0.3 is 15.8 Å². The lowest BCUT2D eigenvalue weighted by Crippen LogP contribution is -2.17. The Bertz CT molecular complexity index is 758. The number of anilines is 1. The number of primary amides is 1. The Kier molecular flexibility index (Phi) is 6.39. The van der Waals surface area contributed by atoms with E-state index in [2.05, 4.69) is 21.2 Å². The number of ether oxygens (including phenoxy) is 1. The standard InChI is InChI=1S/C17H19BrN2O3S/c1-10-11(2)24-17(15(10)16(19)22)20-14(21)7-4-8-23-13-6-3-5-12(18)9-13/h3,5-6,9H,4,7-8H2,1-2H3,(H2,19,22)(H,20,21). The first kappa shape index (κ1) is 18.5. The minimum atomic E-state index is -0.523. The van der Waals surface area contributed by atoms with Crippen LogP contribution in [0.5, 0.6) is 5.75 Å². The maximum atomic E-state index is 12.1. The van der Waals surface area contributed by atoms with Crippen molar-refractivity contribution in [2.75, 3.05) is 11.9 Å². The summed E-state index contributed by atoms with van der Waals surface area (Å²) in [5.74, 6) is 0.0760. The first-order valence-electron chi connectivity index (χ1n) is 7.46. The van der Waals surface area contributed by atoms with Gasteiger partial charge in [0.15, 0.2) is 0 Å². The molecule has 7 heteroatoms. The van der Waals surface area contributed by atoms with E-state index in [1.165, 1.54) is 11.3 Å². The van der Waals surface area contributed by atoms with Crippen molar-refractivity contribution in [3.8, 4) is 5.75 Å². The quantitative estimate of drug-likeness (QED) is 0.676. The van der Waals surface area contributed by atoms with E-state index in [4.69, 9.17) is 10.5 Å². The molecule has 1 aromatic heterocycles. The van der Waals surface area contributed by atoms with Crippen molar-refractivity contribution in [3.05, 3.63) is 44.7 Å². The smallest absolute Gasteiger partial charge is 0.251 e. The van der Waals surface area contributed by atoms with E-state index in [1.54, 1.807) is 0 Å². The van der Waals surface area contributed by atoms with E-state index in [0.717, 1.165) is 20.7 Å². The maximum absolute atomic E-state index is 12.1. The van der Waals surface area contributed by atoms with Gasteiger partial charge in [-0.1, -0.05) is 22.0 Å². The summed E-state index contributed by atoms with van der Waals surface area (Å²) >= 11 is 4.74. The van der Waals surface area contributed by atoms with Crippen LogP contribution in [0.25, 0.3) is 0 Å². The summed E-state index contributed by atoms with van der Waals surface area (Å²) < 4.78 is 6.54. The molecule has 0 fully saturated rings. The van der Waals surface area contributed by atoms with Crippen LogP contribution in [0.15, 0.2) is 28.7 Å². The Morgan fingerprint density at radius 1 is 1.33 bits per heavy atom. The van der Waals surface area contributed by atoms with Crippen LogP contribution in [0.3, 0.4) is 0 Å². The summed E-state index contributed by atoms with van der Waals surface area (Å²) in [6, 6.07) is 7.54. The second-order valence-corrected chi connectivity index (χ2v) is 7.45. The Morgan fingerprint density at radius 2 is 2.08 bits per heavy atom. The minimum absolute atomic E-state index is 0.156. The van der Waals surface area contributed by atoms with Gasteiger partial charge in [-0.15, -0.1) is 11.3 Å². The summed E-state index contributed by atoms with van der Waals surface area (Å²) in [5.41, 5.74) is 6.61. The Hall–Kier alpha value is -1.86. The number of nitrogens with one attached hydrogen (secondary N) is 1. The van der Waals surface area contributed by atoms with Gasteiger partial charge in [0, 0.05) is 15.8 Å². The van der Waals surface area contributed by atoms with Crippen molar-refractivity contribution < 1.29 is 14.3 Å². The zero-order valence-electron chi connectivity index (χ0n) is 13.5. The molecule has 0 saturated heterocycles. The number of hydrogen-bond acceptors (Lipinski definition) is 4. The number of halogens is 1. The van der Waals surface area contributed by atoms with Crippen molar-refractivity contribution in [1.29, 1.82) is 0 Å². The van der Waals surface area contributed by atoms with Crippen LogP contribution in [-0.2, 0) is 4.79 Å². The molecule has 2 rings (SSSR count). The lowest BCUT2D eigenvalue weighted by molar-refractivity contribution is -0.116. The van der Waals surface area contributed by atoms with Gasteiger partial charge in [0.1, 0.15) is 10.8 Å². The van der Waals surface area contributed by atoms with Crippen LogP contribution in [0.2, 0.25) is 0 Å². The highest BCUT2D eigenvalue weighted by Gasteiger charge is 2.18. The fourth-order valence-electron chi connectivity index (χ4n) is 2.18. The fourth-order valence-corrected chi connectivity index (χ4v) is 3.64. The molecule has 0 aliphatic carbocycles. The van der Waals surface area contributed by atoms with Crippen molar-refractivity contribution in [3.63, 3.8) is 0 Å². The molecule has 128 valence electrons. The molecule has 0 unspecified atom stereocenters. The predicted octanol–water partition coefficient (Wildman–Crippen LogP) is 4.02. The minimum Gasteiger partial charge on any atom is -0.494 e. The zero-order chi connectivity index (χ0) is 17.7. The van der Waals surface area contributed by atoms with Gasteiger partial charge in [-0.05, 0) is 44.0 Å². The number of amides is 2. The SMILES string of the molecule is Cc1sc(NC(=O)CCCOc2cccc(Br)c2)c(C(N)=O)c1C. The molecular formula is C17H19BrN2O3S. The van der Waals surface area contributed by atoms with Gasteiger partial charge in [-0.25, -0.2) is 0 Å². The number of hydrogen-bond donors (Lipinski definition) is 2. The fraction of sp³-hybridized carbons (Fsp3) is 0.294. The molecule has 1 aromatic carbocycles. The Morgan fingerprint density at radius 3 is 2.75 bits per heavy atom. The highest BCUT2D eigenvalue weighted by Crippen LogP contribution is 2.32. The van der Waals surface area contributed by atoms with Gasteiger partial charge in [0.2, 0.25) is 5.91 Å². The molecule has 3 N–H and O–H groups in total. The predicted molar refractivity (Wildman–Crippen MR) is 99.8 cm³/mol. The molecular weight excluding hydrogens is 392 g/mol. The number of carbonyl (C=O) groups excluding carboxylic acids is 2. The molecule has 0 radical (unpaired) electrons. The number of carbonyl (C=O) groups is 2. The van der Waals surface area contributed by atoms with E-state index >= 15 is 0 Å². The van der Waals surface area contributed by atoms with E-state index in [-0.39, 0.29) is 5.91 Å². The third-order valence-electron chi connectivity index (χ3n) is 3.50. The lowest BCUT2D eigenvalue weighted by atomic mass is 10.1. The molecule has 2 amide bonds. The Labute approximate surface area is 153 Å². The molecule has 0 bridgehead atoms. The number of benzene rings is 1. The van der Waals surface area contributed by atoms with Crippen molar-refractivity contribution in [1.82, 2.24) is 0 Å². The summed E-state index contributed by atoms with van der Waals surface area (Å²) in [6.45, 7) is 4.16. The average molecular weight is 411 g/mol. The first-order chi connectivity index (χ1) is 11.4. The van der Waals surface area contributed by atoms with Gasteiger partial charge in [0.25, 0.3) is 5.91 Å². The van der Waals surface area contributed by atoms with E-state index in [1.807, 2.05) is 38.1 Å². The number of nitrogens with two attached hydrogens (primary N) is 1.